The molecule has 0 atom stereocenters. The van der Waals surface area contributed by atoms with Crippen molar-refractivity contribution in [3.8, 4) is 0 Å². The van der Waals surface area contributed by atoms with Crippen LogP contribution in [0.2, 0.25) is 0 Å². The van der Waals surface area contributed by atoms with Crippen LogP contribution in [0.15, 0.2) is 23.0 Å². The largest absolute Gasteiger partial charge is 0.323 e. The van der Waals surface area contributed by atoms with E-state index < -0.39 is 0 Å². The van der Waals surface area contributed by atoms with Crippen LogP contribution in [0.1, 0.15) is 12.5 Å². The Hall–Kier alpha value is -1.59. The van der Waals surface area contributed by atoms with Crippen LogP contribution in [0.3, 0.4) is 0 Å². The summed E-state index contributed by atoms with van der Waals surface area (Å²) in [5, 5.41) is 3.30. The standard InChI is InChI=1S/C13H20N4O/c1-3-14-6-7-17(2)9-10-4-5-11-12(8-10)16-13(18)15-11/h4-5,8,14H,3,6-7,9H2,1-2H3,(H2,15,16,18). The van der Waals surface area contributed by atoms with Gasteiger partial charge in [-0.15, -0.1) is 0 Å². The number of likely N-dealkylation sites (N-methyl/N-ethyl adjacent to an activating group) is 2. The molecule has 98 valence electrons. The number of fused-ring (bicyclic) bond motifs is 1. The minimum Gasteiger partial charge on any atom is -0.316 e. The Kier molecular flexibility index (Phi) is 4.17. The zero-order chi connectivity index (χ0) is 13.0. The van der Waals surface area contributed by atoms with Gasteiger partial charge < -0.3 is 20.2 Å². The van der Waals surface area contributed by atoms with Gasteiger partial charge in [0.25, 0.3) is 0 Å². The normalized spacial score (nSPS) is 11.5. The molecule has 0 aliphatic heterocycles. The number of imidazole rings is 1. The van der Waals surface area contributed by atoms with Crippen molar-refractivity contribution in [3.63, 3.8) is 0 Å². The number of nitrogens with zero attached hydrogens (tertiary/aromatic N) is 1. The van der Waals surface area contributed by atoms with Crippen LogP contribution in [0.5, 0.6) is 0 Å². The molecule has 0 fully saturated rings. The Morgan fingerprint density at radius 2 is 2.06 bits per heavy atom. The molecule has 0 aliphatic rings. The lowest BCUT2D eigenvalue weighted by Gasteiger charge is -2.16. The van der Waals surface area contributed by atoms with Crippen LogP contribution in [0.25, 0.3) is 11.0 Å². The third-order valence-electron chi connectivity index (χ3n) is 2.95. The first kappa shape index (κ1) is 12.9. The molecule has 0 radical (unpaired) electrons. The van der Waals surface area contributed by atoms with E-state index in [4.69, 9.17) is 0 Å². The molecule has 3 N–H and O–H groups in total. The van der Waals surface area contributed by atoms with Crippen molar-refractivity contribution in [2.75, 3.05) is 26.7 Å². The first-order chi connectivity index (χ1) is 8.69. The number of H-pyrrole nitrogens is 2. The molecule has 1 aromatic carbocycles. The lowest BCUT2D eigenvalue weighted by molar-refractivity contribution is 0.326. The summed E-state index contributed by atoms with van der Waals surface area (Å²) in [6, 6.07) is 6.02. The van der Waals surface area contributed by atoms with E-state index in [1.54, 1.807) is 0 Å². The van der Waals surface area contributed by atoms with Crippen LogP contribution in [-0.2, 0) is 6.54 Å². The number of aromatic amines is 2. The van der Waals surface area contributed by atoms with Crippen molar-refractivity contribution in [2.24, 2.45) is 0 Å². The van der Waals surface area contributed by atoms with Gasteiger partial charge in [0.2, 0.25) is 0 Å². The van der Waals surface area contributed by atoms with Crippen LogP contribution in [0.4, 0.5) is 0 Å². The second-order valence-electron chi connectivity index (χ2n) is 4.55. The maximum absolute atomic E-state index is 11.2. The van der Waals surface area contributed by atoms with Gasteiger partial charge in [0.05, 0.1) is 11.0 Å². The SMILES string of the molecule is CCNCCN(C)Cc1ccc2[nH]c(=O)[nH]c2c1. The molecular weight excluding hydrogens is 228 g/mol. The molecule has 0 unspecified atom stereocenters. The maximum Gasteiger partial charge on any atom is 0.323 e. The number of nitrogens with one attached hydrogen (secondary N) is 3. The van der Waals surface area contributed by atoms with E-state index >= 15 is 0 Å². The molecule has 0 amide bonds. The summed E-state index contributed by atoms with van der Waals surface area (Å²) in [6.07, 6.45) is 0. The van der Waals surface area contributed by atoms with Gasteiger partial charge in [-0.3, -0.25) is 0 Å². The van der Waals surface area contributed by atoms with E-state index in [2.05, 4.69) is 40.2 Å². The average Bonchev–Trinajstić information content (AvgIpc) is 2.69. The second-order valence-corrected chi connectivity index (χ2v) is 4.55. The highest BCUT2D eigenvalue weighted by Gasteiger charge is 2.03. The van der Waals surface area contributed by atoms with Gasteiger partial charge in [0.15, 0.2) is 0 Å². The molecule has 1 aromatic heterocycles. The zero-order valence-electron chi connectivity index (χ0n) is 10.9. The molecular formula is C13H20N4O. The second kappa shape index (κ2) is 5.84. The molecule has 0 aliphatic carbocycles. The molecule has 18 heavy (non-hydrogen) atoms. The molecule has 0 saturated carbocycles. The Balaban J connectivity index is 2.00. The van der Waals surface area contributed by atoms with Crippen molar-refractivity contribution < 1.29 is 0 Å². The summed E-state index contributed by atoms with van der Waals surface area (Å²) >= 11 is 0. The number of aromatic nitrogens is 2. The Bertz CT molecular complexity index is 557. The van der Waals surface area contributed by atoms with Crippen molar-refractivity contribution in [3.05, 3.63) is 34.2 Å². The molecule has 0 saturated heterocycles. The fourth-order valence-corrected chi connectivity index (χ4v) is 2.02. The molecule has 2 rings (SSSR count). The summed E-state index contributed by atoms with van der Waals surface area (Å²) in [6.45, 7) is 6.00. The summed E-state index contributed by atoms with van der Waals surface area (Å²) < 4.78 is 0. The van der Waals surface area contributed by atoms with E-state index in [1.807, 2.05) is 12.1 Å². The predicted molar refractivity (Wildman–Crippen MR) is 73.8 cm³/mol. The summed E-state index contributed by atoms with van der Waals surface area (Å²) in [4.78, 5) is 19.0. The van der Waals surface area contributed by atoms with Crippen molar-refractivity contribution in [1.29, 1.82) is 0 Å². The summed E-state index contributed by atoms with van der Waals surface area (Å²) in [7, 11) is 2.10. The lowest BCUT2D eigenvalue weighted by atomic mass is 10.2. The number of benzene rings is 1. The topological polar surface area (TPSA) is 63.9 Å². The van der Waals surface area contributed by atoms with Crippen LogP contribution < -0.4 is 11.0 Å². The maximum atomic E-state index is 11.2. The predicted octanol–water partition coefficient (Wildman–Crippen LogP) is 0.897. The molecule has 0 spiro atoms. The van der Waals surface area contributed by atoms with Gasteiger partial charge in [-0.05, 0) is 31.3 Å². The van der Waals surface area contributed by atoms with E-state index in [0.717, 1.165) is 37.2 Å². The smallest absolute Gasteiger partial charge is 0.316 e. The highest BCUT2D eigenvalue weighted by Crippen LogP contribution is 2.11. The highest BCUT2D eigenvalue weighted by atomic mass is 16.1. The monoisotopic (exact) mass is 248 g/mol. The Labute approximate surface area is 106 Å². The van der Waals surface area contributed by atoms with E-state index in [9.17, 15) is 4.79 Å². The number of hydrogen-bond acceptors (Lipinski definition) is 3. The van der Waals surface area contributed by atoms with Gasteiger partial charge in [0.1, 0.15) is 0 Å². The fraction of sp³-hybridized carbons (Fsp3) is 0.462. The summed E-state index contributed by atoms with van der Waals surface area (Å²) in [5.74, 6) is 0. The average molecular weight is 248 g/mol. The third-order valence-corrected chi connectivity index (χ3v) is 2.95. The first-order valence-electron chi connectivity index (χ1n) is 6.29. The van der Waals surface area contributed by atoms with Crippen molar-refractivity contribution >= 4 is 11.0 Å². The van der Waals surface area contributed by atoms with E-state index in [-0.39, 0.29) is 5.69 Å². The minimum absolute atomic E-state index is 0.150. The van der Waals surface area contributed by atoms with Crippen LogP contribution in [0, 0.1) is 0 Å². The summed E-state index contributed by atoms with van der Waals surface area (Å²) in [5.41, 5.74) is 2.79. The minimum atomic E-state index is -0.150. The fourth-order valence-electron chi connectivity index (χ4n) is 2.02. The van der Waals surface area contributed by atoms with Gasteiger partial charge >= 0.3 is 5.69 Å². The molecule has 2 aromatic rings. The lowest BCUT2D eigenvalue weighted by Crippen LogP contribution is -2.28. The quantitative estimate of drug-likeness (QED) is 0.665. The van der Waals surface area contributed by atoms with Gasteiger partial charge in [-0.25, -0.2) is 4.79 Å². The number of hydrogen-bond donors (Lipinski definition) is 3. The molecule has 0 bridgehead atoms. The first-order valence-corrected chi connectivity index (χ1v) is 6.29. The number of rotatable bonds is 6. The molecule has 1 heterocycles. The molecule has 5 nitrogen and oxygen atoms in total. The van der Waals surface area contributed by atoms with Crippen molar-refractivity contribution in [1.82, 2.24) is 20.2 Å². The van der Waals surface area contributed by atoms with E-state index in [0.29, 0.717) is 0 Å². The van der Waals surface area contributed by atoms with Gasteiger partial charge in [-0.1, -0.05) is 13.0 Å². The van der Waals surface area contributed by atoms with Gasteiger partial charge in [0, 0.05) is 19.6 Å². The third kappa shape index (κ3) is 3.21. The zero-order valence-corrected chi connectivity index (χ0v) is 10.9. The Morgan fingerprint density at radius 3 is 2.83 bits per heavy atom. The van der Waals surface area contributed by atoms with E-state index in [1.165, 1.54) is 5.56 Å². The molecule has 5 heteroatoms. The van der Waals surface area contributed by atoms with Crippen LogP contribution in [-0.4, -0.2) is 41.5 Å². The van der Waals surface area contributed by atoms with Crippen LogP contribution >= 0.6 is 0 Å². The van der Waals surface area contributed by atoms with Gasteiger partial charge in [-0.2, -0.15) is 0 Å². The highest BCUT2D eigenvalue weighted by molar-refractivity contribution is 5.74. The Morgan fingerprint density at radius 1 is 1.28 bits per heavy atom. The van der Waals surface area contributed by atoms with Crippen molar-refractivity contribution in [2.45, 2.75) is 13.5 Å².